The Labute approximate surface area is 420 Å². The van der Waals surface area contributed by atoms with Crippen molar-refractivity contribution in [3.05, 3.63) is 177 Å². The van der Waals surface area contributed by atoms with Gasteiger partial charge in [-0.15, -0.1) is 0 Å². The van der Waals surface area contributed by atoms with Crippen molar-refractivity contribution in [1.29, 1.82) is 0 Å². The van der Waals surface area contributed by atoms with Crippen molar-refractivity contribution >= 4 is 35.1 Å². The first-order valence-corrected chi connectivity index (χ1v) is 41.9. The molecule has 68 heavy (non-hydrogen) atoms. The fourth-order valence-corrected chi connectivity index (χ4v) is 42.9. The summed E-state index contributed by atoms with van der Waals surface area (Å²) >= 11 is -5.36. The molecule has 0 nitrogen and oxygen atoms in total. The Bertz CT molecular complexity index is 2690. The number of hydrogen-bond donors (Lipinski definition) is 0. The third-order valence-corrected chi connectivity index (χ3v) is 67.3. The van der Waals surface area contributed by atoms with E-state index < -0.39 is 21.5 Å². The SMILES string of the molecule is CC(C)c1cc(-c2c(-c3ccccc3)ccc3c2C=C(C(C)(C)C)[CH]3[Zr]([Cl])([Cl])([CH]2C(C(C)(C)C)=Cc3c2ccc(-c2ccccc2)c3-c2cc(C(C)C)cc(C(C)C)c2)[SiH](C)C)cc(C(C)C)c1. The minimum atomic E-state index is -5.36. The summed E-state index contributed by atoms with van der Waals surface area (Å²) in [6.07, 6.45) is 5.16. The molecule has 2 unspecified atom stereocenters. The molecular formula is C64H77Cl2SiZr. The fraction of sp³-hybridized carbons (Fsp3) is 0.375. The second-order valence-electron chi connectivity index (χ2n) is 24.1. The fourth-order valence-electron chi connectivity index (χ4n) is 11.5. The molecule has 0 N–H and O–H groups in total. The van der Waals surface area contributed by atoms with Gasteiger partial charge in [0, 0.05) is 0 Å². The van der Waals surface area contributed by atoms with E-state index >= 15 is 0 Å². The first kappa shape index (κ1) is 50.9. The van der Waals surface area contributed by atoms with Gasteiger partial charge < -0.3 is 0 Å². The topological polar surface area (TPSA) is 0 Å². The van der Waals surface area contributed by atoms with E-state index in [2.05, 4.69) is 244 Å². The molecule has 0 saturated carbocycles. The zero-order valence-corrected chi connectivity index (χ0v) is 49.1. The van der Waals surface area contributed by atoms with Gasteiger partial charge in [-0.1, -0.05) is 0 Å². The molecule has 2 aliphatic carbocycles. The minimum absolute atomic E-state index is 0.0707. The van der Waals surface area contributed by atoms with Gasteiger partial charge in [-0.25, -0.2) is 0 Å². The number of halogens is 2. The van der Waals surface area contributed by atoms with Crippen LogP contribution in [0.5, 0.6) is 0 Å². The van der Waals surface area contributed by atoms with E-state index in [1.807, 2.05) is 0 Å². The summed E-state index contributed by atoms with van der Waals surface area (Å²) < 4.78 is -0.141. The Hall–Kier alpha value is -3.52. The molecule has 355 valence electrons. The van der Waals surface area contributed by atoms with Crippen LogP contribution in [0.15, 0.2) is 132 Å². The zero-order valence-electron chi connectivity index (χ0n) is 44.0. The van der Waals surface area contributed by atoms with E-state index in [4.69, 9.17) is 0 Å². The van der Waals surface area contributed by atoms with Gasteiger partial charge in [-0.05, 0) is 0 Å². The number of allylic oxidation sites excluding steroid dienone is 2. The van der Waals surface area contributed by atoms with E-state index in [0.717, 1.165) is 0 Å². The molecule has 0 amide bonds. The number of hydrogen-bond acceptors (Lipinski definition) is 0. The predicted molar refractivity (Wildman–Crippen MR) is 302 cm³/mol. The van der Waals surface area contributed by atoms with Crippen molar-refractivity contribution in [2.75, 3.05) is 0 Å². The molecule has 2 aliphatic rings. The van der Waals surface area contributed by atoms with Crippen LogP contribution >= 0.6 is 17.0 Å². The van der Waals surface area contributed by atoms with Crippen LogP contribution in [-0.2, 0) is 15.6 Å². The molecule has 0 fully saturated rings. The first-order valence-electron chi connectivity index (χ1n) is 25.6. The molecule has 0 aliphatic heterocycles. The predicted octanol–water partition coefficient (Wildman–Crippen LogP) is 20.5. The van der Waals surface area contributed by atoms with Crippen LogP contribution in [0, 0.1) is 10.8 Å². The number of rotatable bonds is 11. The van der Waals surface area contributed by atoms with Crippen LogP contribution in [0.4, 0.5) is 0 Å². The second kappa shape index (κ2) is 18.6. The normalized spacial score (nSPS) is 17.0. The molecule has 8 rings (SSSR count). The molecule has 0 saturated heterocycles. The van der Waals surface area contributed by atoms with E-state index in [9.17, 15) is 17.0 Å². The van der Waals surface area contributed by atoms with Crippen LogP contribution in [0.3, 0.4) is 0 Å². The van der Waals surface area contributed by atoms with E-state index in [1.165, 1.54) is 100 Å². The second-order valence-corrected chi connectivity index (χ2v) is 66.6. The molecule has 0 aromatic heterocycles. The number of benzene rings is 6. The van der Waals surface area contributed by atoms with Gasteiger partial charge in [0.05, 0.1) is 0 Å². The third-order valence-electron chi connectivity index (χ3n) is 15.7. The van der Waals surface area contributed by atoms with Gasteiger partial charge in [0.25, 0.3) is 0 Å². The average molecular weight is 1040 g/mol. The van der Waals surface area contributed by atoms with Crippen LogP contribution in [0.25, 0.3) is 56.7 Å². The standard InChI is InChI=1S/2C31H35.C2H7Si.2ClH.Zr/c2*1-20(2)24-15-25(21(3)4)17-26(16-24)30-28(22-11-9-8-10-12-22)14-13-23-18-27(19-29(23)30)31(5,6)7;1-3-2;;;/h2*8-21H,1-7H3;3H,1-2H3;2*1H;/q;;;;;+2/p-2. The molecule has 0 heterocycles. The van der Waals surface area contributed by atoms with Crippen LogP contribution in [0.1, 0.15) is 172 Å². The monoisotopic (exact) mass is 1030 g/mol. The molecule has 4 heteroatoms. The molecule has 0 spiro atoms. The Kier molecular flexibility index (Phi) is 13.9. The quantitative estimate of drug-likeness (QED) is 0.113. The van der Waals surface area contributed by atoms with Crippen molar-refractivity contribution in [1.82, 2.24) is 0 Å². The summed E-state index contributed by atoms with van der Waals surface area (Å²) in [7, 11) is 18.7. The van der Waals surface area contributed by atoms with Crippen LogP contribution < -0.4 is 0 Å². The first-order chi connectivity index (χ1) is 31.8. The van der Waals surface area contributed by atoms with Crippen LogP contribution in [0.2, 0.25) is 13.1 Å². The maximum absolute atomic E-state index is 9.33. The Morgan fingerprint density at radius 3 is 1.00 bits per heavy atom. The Balaban J connectivity index is 1.48. The average Bonchev–Trinajstić information content (AvgIpc) is 3.91. The number of fused-ring (bicyclic) bond motifs is 2. The Morgan fingerprint density at radius 2 is 0.735 bits per heavy atom. The van der Waals surface area contributed by atoms with Gasteiger partial charge in [-0.2, -0.15) is 0 Å². The molecule has 0 bridgehead atoms. The maximum atomic E-state index is 9.33. The van der Waals surface area contributed by atoms with E-state index in [1.54, 1.807) is 0 Å². The van der Waals surface area contributed by atoms with Crippen molar-refractivity contribution in [3.63, 3.8) is 0 Å². The van der Waals surface area contributed by atoms with Crippen molar-refractivity contribution in [2.45, 2.75) is 141 Å². The van der Waals surface area contributed by atoms with Gasteiger partial charge in [0.2, 0.25) is 0 Å². The van der Waals surface area contributed by atoms with E-state index in [-0.39, 0.29) is 18.1 Å². The Morgan fingerprint density at radius 1 is 0.426 bits per heavy atom. The summed E-state index contributed by atoms with van der Waals surface area (Å²) in [5.41, 5.74) is 23.3. The molecule has 0 radical (unpaired) electrons. The zero-order chi connectivity index (χ0) is 49.4. The van der Waals surface area contributed by atoms with E-state index in [0.29, 0.717) is 23.7 Å². The summed E-state index contributed by atoms with van der Waals surface area (Å²) in [5, 5.41) is 0. The molecular weight excluding hydrogens is 959 g/mol. The van der Waals surface area contributed by atoms with Gasteiger partial charge in [-0.3, -0.25) is 0 Å². The van der Waals surface area contributed by atoms with Crippen LogP contribution in [-0.4, -0.2) is 5.92 Å². The summed E-state index contributed by atoms with van der Waals surface area (Å²) in [5.74, 6) is -0.337. The summed E-state index contributed by atoms with van der Waals surface area (Å²) in [6.45, 7) is 38.0. The van der Waals surface area contributed by atoms with Crippen molar-refractivity contribution in [2.24, 2.45) is 10.8 Å². The van der Waals surface area contributed by atoms with Crippen molar-refractivity contribution in [3.8, 4) is 44.5 Å². The third kappa shape index (κ3) is 8.95. The van der Waals surface area contributed by atoms with Gasteiger partial charge in [0.1, 0.15) is 0 Å². The van der Waals surface area contributed by atoms with Gasteiger partial charge >= 0.3 is 424 Å². The molecule has 2 atom stereocenters. The molecule has 6 aromatic rings. The summed E-state index contributed by atoms with van der Waals surface area (Å²) in [4.78, 5) is 0. The van der Waals surface area contributed by atoms with Gasteiger partial charge in [0.15, 0.2) is 0 Å². The van der Waals surface area contributed by atoms with Crippen molar-refractivity contribution < 1.29 is 15.6 Å². The summed E-state index contributed by atoms with van der Waals surface area (Å²) in [6, 6.07) is 46.5. The molecule has 6 aromatic carbocycles.